The molecule has 88 valence electrons. The molecule has 0 radical (unpaired) electrons. The van der Waals surface area contributed by atoms with E-state index in [2.05, 4.69) is 53.3 Å². The lowest BCUT2D eigenvalue weighted by Gasteiger charge is -2.36. The van der Waals surface area contributed by atoms with E-state index in [1.165, 1.54) is 0 Å². The summed E-state index contributed by atoms with van der Waals surface area (Å²) in [7, 11) is 0. The fraction of sp³-hybridized carbons (Fsp3) is 0.714. The van der Waals surface area contributed by atoms with Crippen molar-refractivity contribution >= 4 is 0 Å². The van der Waals surface area contributed by atoms with Gasteiger partial charge in [0, 0.05) is 5.54 Å². The van der Waals surface area contributed by atoms with Crippen molar-refractivity contribution in [2.75, 3.05) is 0 Å². The highest BCUT2D eigenvalue weighted by molar-refractivity contribution is 5.03. The van der Waals surface area contributed by atoms with Crippen LogP contribution in [0.15, 0.2) is 24.8 Å². The Hall–Kier alpha value is -0.560. The van der Waals surface area contributed by atoms with Gasteiger partial charge in [-0.05, 0) is 44.9 Å². The van der Waals surface area contributed by atoms with Gasteiger partial charge in [0.2, 0.25) is 0 Å². The van der Waals surface area contributed by atoms with Crippen LogP contribution < -0.4 is 5.73 Å². The van der Waals surface area contributed by atoms with Gasteiger partial charge in [-0.2, -0.15) is 0 Å². The summed E-state index contributed by atoms with van der Waals surface area (Å²) in [6.45, 7) is 14.7. The van der Waals surface area contributed by atoms with Gasteiger partial charge in [0.25, 0.3) is 0 Å². The maximum absolute atomic E-state index is 6.08. The molecule has 0 rings (SSSR count). The summed E-state index contributed by atoms with van der Waals surface area (Å²) in [5.74, 6) is 0.562. The van der Waals surface area contributed by atoms with E-state index in [-0.39, 0.29) is 11.0 Å². The molecule has 0 spiro atoms. The van der Waals surface area contributed by atoms with Crippen molar-refractivity contribution in [2.24, 2.45) is 17.1 Å². The third-order valence-electron chi connectivity index (χ3n) is 3.09. The van der Waals surface area contributed by atoms with Gasteiger partial charge < -0.3 is 5.73 Å². The van der Waals surface area contributed by atoms with Crippen molar-refractivity contribution in [1.29, 1.82) is 0 Å². The molecule has 2 atom stereocenters. The first-order valence-corrected chi connectivity index (χ1v) is 5.79. The van der Waals surface area contributed by atoms with Crippen molar-refractivity contribution in [3.8, 4) is 0 Å². The molecule has 0 aromatic rings. The zero-order valence-electron chi connectivity index (χ0n) is 11.0. The van der Waals surface area contributed by atoms with Crippen molar-refractivity contribution in [3.63, 3.8) is 0 Å². The Morgan fingerprint density at radius 3 is 2.20 bits per heavy atom. The van der Waals surface area contributed by atoms with Gasteiger partial charge in [-0.25, -0.2) is 0 Å². The molecule has 0 saturated heterocycles. The summed E-state index contributed by atoms with van der Waals surface area (Å²) in [6, 6.07) is 0. The molecule has 0 aromatic heterocycles. The first kappa shape index (κ1) is 14.4. The fourth-order valence-corrected chi connectivity index (χ4v) is 2.15. The second kappa shape index (κ2) is 5.50. The standard InChI is InChI=1S/C14H27N/c1-7-9-14(6,10-8-2)12(3)11-13(4,5)15/h7-8,10,12H,1,9,11,15H2,2-6H3. The van der Waals surface area contributed by atoms with Gasteiger partial charge in [-0.3, -0.25) is 0 Å². The molecule has 0 amide bonds. The largest absolute Gasteiger partial charge is 0.326 e. The van der Waals surface area contributed by atoms with Crippen LogP contribution in [0.4, 0.5) is 0 Å². The van der Waals surface area contributed by atoms with Crippen molar-refractivity contribution in [2.45, 2.75) is 53.0 Å². The van der Waals surface area contributed by atoms with E-state index in [0.717, 1.165) is 12.8 Å². The molecule has 0 heterocycles. The zero-order valence-corrected chi connectivity index (χ0v) is 11.0. The minimum absolute atomic E-state index is 0.0938. The molecule has 15 heavy (non-hydrogen) atoms. The smallest absolute Gasteiger partial charge is 0.00999 e. The summed E-state index contributed by atoms with van der Waals surface area (Å²) in [5.41, 5.74) is 6.17. The molecule has 0 aliphatic rings. The molecule has 0 bridgehead atoms. The van der Waals surface area contributed by atoms with E-state index >= 15 is 0 Å². The van der Waals surface area contributed by atoms with Crippen LogP contribution in [-0.4, -0.2) is 5.54 Å². The van der Waals surface area contributed by atoms with Crippen LogP contribution in [0.1, 0.15) is 47.5 Å². The van der Waals surface area contributed by atoms with Crippen molar-refractivity contribution in [1.82, 2.24) is 0 Å². The number of allylic oxidation sites excluding steroid dienone is 3. The zero-order chi connectivity index (χ0) is 12.1. The predicted octanol–water partition coefficient (Wildman–Crippen LogP) is 3.91. The molecule has 0 aromatic carbocycles. The van der Waals surface area contributed by atoms with Crippen LogP contribution in [0.5, 0.6) is 0 Å². The normalized spacial score (nSPS) is 18.8. The van der Waals surface area contributed by atoms with E-state index in [1.54, 1.807) is 0 Å². The monoisotopic (exact) mass is 209 g/mol. The van der Waals surface area contributed by atoms with Crippen LogP contribution in [0, 0.1) is 11.3 Å². The molecule has 1 heteroatoms. The number of hydrogen-bond acceptors (Lipinski definition) is 1. The molecule has 0 aliphatic heterocycles. The lowest BCUT2D eigenvalue weighted by molar-refractivity contribution is 0.223. The molecule has 2 unspecified atom stereocenters. The van der Waals surface area contributed by atoms with Gasteiger partial charge in [-0.15, -0.1) is 6.58 Å². The summed E-state index contributed by atoms with van der Waals surface area (Å²) >= 11 is 0. The number of nitrogens with two attached hydrogens (primary N) is 1. The SMILES string of the molecule is C=CCC(C)(C=CC)C(C)CC(C)(C)N. The first-order chi connectivity index (χ1) is 6.75. The molecule has 1 nitrogen and oxygen atoms in total. The molecule has 0 fully saturated rings. The van der Waals surface area contributed by atoms with Gasteiger partial charge in [-0.1, -0.05) is 32.1 Å². The van der Waals surface area contributed by atoms with E-state index in [1.807, 2.05) is 6.08 Å². The van der Waals surface area contributed by atoms with Crippen LogP contribution in [0.2, 0.25) is 0 Å². The van der Waals surface area contributed by atoms with Crippen LogP contribution >= 0.6 is 0 Å². The molecular formula is C14H27N. The maximum atomic E-state index is 6.08. The number of hydrogen-bond donors (Lipinski definition) is 1. The third-order valence-corrected chi connectivity index (χ3v) is 3.09. The average molecular weight is 209 g/mol. The van der Waals surface area contributed by atoms with Crippen LogP contribution in [0.25, 0.3) is 0 Å². The Kier molecular flexibility index (Phi) is 5.30. The van der Waals surface area contributed by atoms with Crippen LogP contribution in [0.3, 0.4) is 0 Å². The highest BCUT2D eigenvalue weighted by Crippen LogP contribution is 2.37. The van der Waals surface area contributed by atoms with Crippen molar-refractivity contribution in [3.05, 3.63) is 24.8 Å². The van der Waals surface area contributed by atoms with E-state index in [0.29, 0.717) is 5.92 Å². The minimum Gasteiger partial charge on any atom is -0.326 e. The average Bonchev–Trinajstić information content (AvgIpc) is 2.01. The lowest BCUT2D eigenvalue weighted by atomic mass is 9.71. The molecular weight excluding hydrogens is 182 g/mol. The molecule has 0 saturated carbocycles. The third kappa shape index (κ3) is 5.17. The predicted molar refractivity (Wildman–Crippen MR) is 69.8 cm³/mol. The van der Waals surface area contributed by atoms with E-state index < -0.39 is 0 Å². The lowest BCUT2D eigenvalue weighted by Crippen LogP contribution is -2.37. The second-order valence-electron chi connectivity index (χ2n) is 5.59. The Balaban J connectivity index is 4.69. The number of rotatable bonds is 6. The highest BCUT2D eigenvalue weighted by Gasteiger charge is 2.30. The van der Waals surface area contributed by atoms with E-state index in [9.17, 15) is 0 Å². The molecule has 0 aliphatic carbocycles. The van der Waals surface area contributed by atoms with Gasteiger partial charge in [0.1, 0.15) is 0 Å². The summed E-state index contributed by atoms with van der Waals surface area (Å²) in [4.78, 5) is 0. The summed E-state index contributed by atoms with van der Waals surface area (Å²) < 4.78 is 0. The van der Waals surface area contributed by atoms with E-state index in [4.69, 9.17) is 5.73 Å². The maximum Gasteiger partial charge on any atom is 0.00999 e. The quantitative estimate of drug-likeness (QED) is 0.659. The Bertz CT molecular complexity index is 222. The minimum atomic E-state index is -0.0938. The summed E-state index contributed by atoms with van der Waals surface area (Å²) in [5, 5.41) is 0. The van der Waals surface area contributed by atoms with Gasteiger partial charge in [0.05, 0.1) is 0 Å². The Morgan fingerprint density at radius 2 is 1.87 bits per heavy atom. The van der Waals surface area contributed by atoms with Crippen molar-refractivity contribution < 1.29 is 0 Å². The second-order valence-corrected chi connectivity index (χ2v) is 5.59. The first-order valence-electron chi connectivity index (χ1n) is 5.79. The highest BCUT2D eigenvalue weighted by atomic mass is 14.7. The van der Waals surface area contributed by atoms with Gasteiger partial charge in [0.15, 0.2) is 0 Å². The summed E-state index contributed by atoms with van der Waals surface area (Å²) in [6.07, 6.45) is 8.45. The Morgan fingerprint density at radius 1 is 1.33 bits per heavy atom. The Labute approximate surface area is 95.4 Å². The fourth-order valence-electron chi connectivity index (χ4n) is 2.15. The molecule has 2 N–H and O–H groups in total. The topological polar surface area (TPSA) is 26.0 Å². The van der Waals surface area contributed by atoms with Crippen LogP contribution in [-0.2, 0) is 0 Å². The van der Waals surface area contributed by atoms with Gasteiger partial charge >= 0.3 is 0 Å².